The molecule has 25 heavy (non-hydrogen) atoms. The maximum Gasteiger partial charge on any atom is 0.277 e. The largest absolute Gasteiger partial charge is 0.492 e. The smallest absolute Gasteiger partial charge is 0.277 e. The normalized spacial score (nSPS) is 13.8. The summed E-state index contributed by atoms with van der Waals surface area (Å²) in [5, 5.41) is 3.03. The fourth-order valence-corrected chi connectivity index (χ4v) is 2.69. The third-order valence-electron chi connectivity index (χ3n) is 3.93. The second-order valence-corrected chi connectivity index (χ2v) is 5.64. The van der Waals surface area contributed by atoms with E-state index in [1.807, 2.05) is 61.5 Å². The lowest BCUT2D eigenvalue weighted by Crippen LogP contribution is -2.33. The number of benzene rings is 2. The molecule has 0 radical (unpaired) electrons. The first-order valence-electron chi connectivity index (χ1n) is 8.29. The van der Waals surface area contributed by atoms with Gasteiger partial charge in [0, 0.05) is 12.6 Å². The molecule has 0 aliphatic carbocycles. The van der Waals surface area contributed by atoms with Crippen LogP contribution in [-0.4, -0.2) is 29.9 Å². The molecule has 0 saturated heterocycles. The van der Waals surface area contributed by atoms with E-state index < -0.39 is 0 Å². The zero-order valence-electron chi connectivity index (χ0n) is 14.1. The molecule has 1 aliphatic rings. The zero-order valence-corrected chi connectivity index (χ0v) is 14.1. The summed E-state index contributed by atoms with van der Waals surface area (Å²) < 4.78 is 5.54. The molecule has 0 aromatic heterocycles. The van der Waals surface area contributed by atoms with Crippen molar-refractivity contribution in [1.82, 2.24) is 4.90 Å². The van der Waals surface area contributed by atoms with E-state index in [0.29, 0.717) is 31.0 Å². The number of amides is 2. The summed E-state index contributed by atoms with van der Waals surface area (Å²) in [6, 6.07) is 17.1. The van der Waals surface area contributed by atoms with Crippen molar-refractivity contribution in [3.05, 3.63) is 71.9 Å². The van der Waals surface area contributed by atoms with Crippen LogP contribution in [0.2, 0.25) is 0 Å². The number of hydrogen-bond donors (Lipinski definition) is 1. The Morgan fingerprint density at radius 3 is 2.48 bits per heavy atom. The van der Waals surface area contributed by atoms with Gasteiger partial charge in [0.05, 0.1) is 12.3 Å². The Kier molecular flexibility index (Phi) is 5.14. The zero-order chi connectivity index (χ0) is 17.6. The van der Waals surface area contributed by atoms with Crippen LogP contribution in [-0.2, 0) is 16.0 Å². The Morgan fingerprint density at radius 2 is 1.72 bits per heavy atom. The van der Waals surface area contributed by atoms with Crippen LogP contribution in [0.1, 0.15) is 12.5 Å². The van der Waals surface area contributed by atoms with Crippen molar-refractivity contribution in [2.45, 2.75) is 13.3 Å². The molecule has 0 unspecified atom stereocenters. The predicted molar refractivity (Wildman–Crippen MR) is 96.2 cm³/mol. The lowest BCUT2D eigenvalue weighted by Gasteiger charge is -2.16. The van der Waals surface area contributed by atoms with E-state index in [2.05, 4.69) is 5.32 Å². The summed E-state index contributed by atoms with van der Waals surface area (Å²) in [6.45, 7) is 2.77. The van der Waals surface area contributed by atoms with Crippen molar-refractivity contribution in [2.24, 2.45) is 0 Å². The monoisotopic (exact) mass is 336 g/mol. The first kappa shape index (κ1) is 16.8. The number of anilines is 1. The minimum absolute atomic E-state index is 0.269. The number of para-hydroxylation sites is 2. The van der Waals surface area contributed by atoms with Crippen LogP contribution in [0.15, 0.2) is 66.4 Å². The van der Waals surface area contributed by atoms with Gasteiger partial charge in [-0.3, -0.25) is 14.5 Å². The van der Waals surface area contributed by atoms with Crippen molar-refractivity contribution in [3.8, 4) is 5.75 Å². The molecular formula is C20H20N2O3. The average molecular weight is 336 g/mol. The molecular weight excluding hydrogens is 316 g/mol. The van der Waals surface area contributed by atoms with E-state index in [0.717, 1.165) is 5.56 Å². The Labute approximate surface area is 146 Å². The van der Waals surface area contributed by atoms with Crippen LogP contribution in [0.3, 0.4) is 0 Å². The molecule has 128 valence electrons. The van der Waals surface area contributed by atoms with Crippen molar-refractivity contribution in [2.75, 3.05) is 18.5 Å². The molecule has 0 atom stereocenters. The number of rotatable bonds is 7. The summed E-state index contributed by atoms with van der Waals surface area (Å²) in [7, 11) is 0. The maximum atomic E-state index is 12.5. The molecule has 0 fully saturated rings. The van der Waals surface area contributed by atoms with Crippen LogP contribution in [0.25, 0.3) is 0 Å². The second-order valence-electron chi connectivity index (χ2n) is 5.64. The number of imide groups is 1. The van der Waals surface area contributed by atoms with Crippen LogP contribution < -0.4 is 10.1 Å². The van der Waals surface area contributed by atoms with Gasteiger partial charge < -0.3 is 10.1 Å². The minimum atomic E-state index is -0.313. The molecule has 3 rings (SSSR count). The fourth-order valence-electron chi connectivity index (χ4n) is 2.69. The van der Waals surface area contributed by atoms with Gasteiger partial charge in [-0.15, -0.1) is 0 Å². The summed E-state index contributed by atoms with van der Waals surface area (Å²) in [6.07, 6.45) is 1.98. The van der Waals surface area contributed by atoms with Crippen molar-refractivity contribution in [3.63, 3.8) is 0 Å². The fraction of sp³-hybridized carbons (Fsp3) is 0.200. The van der Waals surface area contributed by atoms with Crippen LogP contribution >= 0.6 is 0 Å². The summed E-state index contributed by atoms with van der Waals surface area (Å²) in [5.74, 6) is 0.0402. The highest BCUT2D eigenvalue weighted by atomic mass is 16.5. The third kappa shape index (κ3) is 3.88. The molecule has 0 saturated carbocycles. The molecule has 5 nitrogen and oxygen atoms in total. The highest BCUT2D eigenvalue weighted by Crippen LogP contribution is 2.26. The first-order chi connectivity index (χ1) is 12.2. The van der Waals surface area contributed by atoms with Gasteiger partial charge in [0.2, 0.25) is 0 Å². The first-order valence-corrected chi connectivity index (χ1v) is 8.29. The molecule has 2 amide bonds. The SMILES string of the molecule is CCOc1ccccc1NC1=CC(=O)N(CCc2ccccc2)C1=O. The lowest BCUT2D eigenvalue weighted by molar-refractivity contribution is -0.137. The Hall–Kier alpha value is -3.08. The van der Waals surface area contributed by atoms with Crippen molar-refractivity contribution in [1.29, 1.82) is 0 Å². The summed E-state index contributed by atoms with van der Waals surface area (Å²) in [4.78, 5) is 26.0. The number of hydrogen-bond acceptors (Lipinski definition) is 4. The quantitative estimate of drug-likeness (QED) is 0.790. The van der Waals surface area contributed by atoms with Crippen LogP contribution in [0, 0.1) is 0 Å². The van der Waals surface area contributed by atoms with E-state index in [-0.39, 0.29) is 17.5 Å². The average Bonchev–Trinajstić information content (AvgIpc) is 2.89. The van der Waals surface area contributed by atoms with Gasteiger partial charge in [-0.2, -0.15) is 0 Å². The minimum Gasteiger partial charge on any atom is -0.492 e. The highest BCUT2D eigenvalue weighted by molar-refractivity contribution is 6.17. The van der Waals surface area contributed by atoms with E-state index >= 15 is 0 Å². The molecule has 2 aromatic rings. The van der Waals surface area contributed by atoms with Gasteiger partial charge >= 0.3 is 0 Å². The molecule has 2 aromatic carbocycles. The van der Waals surface area contributed by atoms with E-state index in [9.17, 15) is 9.59 Å². The van der Waals surface area contributed by atoms with Gasteiger partial charge in [-0.05, 0) is 31.0 Å². The van der Waals surface area contributed by atoms with E-state index in [1.54, 1.807) is 0 Å². The van der Waals surface area contributed by atoms with E-state index in [4.69, 9.17) is 4.74 Å². The summed E-state index contributed by atoms with van der Waals surface area (Å²) in [5.41, 5.74) is 2.03. The van der Waals surface area contributed by atoms with Crippen molar-refractivity contribution < 1.29 is 14.3 Å². The van der Waals surface area contributed by atoms with Crippen LogP contribution in [0.5, 0.6) is 5.75 Å². The van der Waals surface area contributed by atoms with Gasteiger partial charge in [0.1, 0.15) is 11.4 Å². The topological polar surface area (TPSA) is 58.6 Å². The van der Waals surface area contributed by atoms with Gasteiger partial charge in [0.25, 0.3) is 11.8 Å². The second kappa shape index (κ2) is 7.66. The standard InChI is InChI=1S/C20H20N2O3/c1-2-25-18-11-7-6-10-16(18)21-17-14-19(23)22(20(17)24)13-12-15-8-4-3-5-9-15/h3-11,14,21H,2,12-13H2,1H3. The molecule has 0 bridgehead atoms. The molecule has 5 heteroatoms. The Balaban J connectivity index is 1.67. The van der Waals surface area contributed by atoms with Gasteiger partial charge in [0.15, 0.2) is 0 Å². The predicted octanol–water partition coefficient (Wildman–Crippen LogP) is 2.99. The maximum absolute atomic E-state index is 12.5. The number of nitrogens with zero attached hydrogens (tertiary/aromatic N) is 1. The Bertz CT molecular complexity index is 800. The number of nitrogens with one attached hydrogen (secondary N) is 1. The van der Waals surface area contributed by atoms with Gasteiger partial charge in [-0.1, -0.05) is 42.5 Å². The number of ether oxygens (including phenoxy) is 1. The molecule has 1 aliphatic heterocycles. The highest BCUT2D eigenvalue weighted by Gasteiger charge is 2.31. The summed E-state index contributed by atoms with van der Waals surface area (Å²) >= 11 is 0. The Morgan fingerprint density at radius 1 is 1.00 bits per heavy atom. The molecule has 1 heterocycles. The number of carbonyl (C=O) groups excluding carboxylic acids is 2. The van der Waals surface area contributed by atoms with Crippen molar-refractivity contribution >= 4 is 17.5 Å². The molecule has 0 spiro atoms. The third-order valence-corrected chi connectivity index (χ3v) is 3.93. The van der Waals surface area contributed by atoms with E-state index in [1.165, 1.54) is 11.0 Å². The lowest BCUT2D eigenvalue weighted by atomic mass is 10.1. The molecule has 1 N–H and O–H groups in total. The number of carbonyl (C=O) groups is 2. The van der Waals surface area contributed by atoms with Crippen LogP contribution in [0.4, 0.5) is 5.69 Å². The van der Waals surface area contributed by atoms with Gasteiger partial charge in [-0.25, -0.2) is 0 Å².